The van der Waals surface area contributed by atoms with E-state index in [1.165, 1.54) is 0 Å². The largest absolute Gasteiger partial charge is 0.416 e. The number of benzene rings is 1. The van der Waals surface area contributed by atoms with Crippen molar-refractivity contribution in [1.82, 2.24) is 24.7 Å². The third-order valence-corrected chi connectivity index (χ3v) is 7.69. The zero-order valence-corrected chi connectivity index (χ0v) is 22.0. The van der Waals surface area contributed by atoms with Crippen LogP contribution in [-0.4, -0.2) is 37.2 Å². The molecule has 0 spiro atoms. The maximum Gasteiger partial charge on any atom is 0.416 e. The van der Waals surface area contributed by atoms with Gasteiger partial charge in [-0.1, -0.05) is 18.6 Å². The first-order valence-corrected chi connectivity index (χ1v) is 13.5. The number of alkyl halides is 3. The third-order valence-electron chi connectivity index (χ3n) is 7.69. The molecule has 2 aliphatic carbocycles. The van der Waals surface area contributed by atoms with Crippen molar-refractivity contribution in [3.05, 3.63) is 71.9 Å². The minimum Gasteiger partial charge on any atom is -0.382 e. The van der Waals surface area contributed by atoms with Crippen molar-refractivity contribution in [3.63, 3.8) is 0 Å². The maximum atomic E-state index is 13.0. The Morgan fingerprint density at radius 2 is 1.78 bits per heavy atom. The number of fused-ring (bicyclic) bond motifs is 1. The lowest BCUT2D eigenvalue weighted by atomic mass is 9.85. The topological polar surface area (TPSA) is 127 Å². The molecule has 9 nitrogen and oxygen atoms in total. The minimum absolute atomic E-state index is 0.0981. The standard InChI is InChI=1S/C29H28F3N7O2/c30-29(31,32)20-10-11-34-22(15-20)37-28(41)18-6-4-16(5-7-18)23-24-25(33)35-12-13-39(24)26(38-23)19-2-1-3-21(14-19)36-27(40)17-8-9-17/h4-7,10-13,15,17,19,21H,1-3,8-9,14H2,(H2,33,35)(H,36,40)(H,34,37,41)/t19-,21+/m0/s1. The number of aromatic nitrogens is 4. The Hall–Kier alpha value is -4.48. The molecule has 2 fully saturated rings. The summed E-state index contributed by atoms with van der Waals surface area (Å²) in [5.41, 5.74) is 7.60. The van der Waals surface area contributed by atoms with E-state index < -0.39 is 17.6 Å². The van der Waals surface area contributed by atoms with Gasteiger partial charge in [-0.05, 0) is 56.4 Å². The van der Waals surface area contributed by atoms with Crippen LogP contribution in [0.3, 0.4) is 0 Å². The molecular weight excluding hydrogens is 535 g/mol. The van der Waals surface area contributed by atoms with Crippen molar-refractivity contribution in [3.8, 4) is 11.3 Å². The van der Waals surface area contributed by atoms with Crippen LogP contribution in [0.1, 0.15) is 66.2 Å². The number of pyridine rings is 1. The average Bonchev–Trinajstić information content (AvgIpc) is 3.74. The molecule has 1 aromatic carbocycles. The number of amides is 2. The number of carbonyl (C=O) groups is 2. The predicted octanol–water partition coefficient (Wildman–Crippen LogP) is 5.20. The lowest BCUT2D eigenvalue weighted by Gasteiger charge is -2.29. The Balaban J connectivity index is 1.24. The first-order valence-electron chi connectivity index (χ1n) is 13.5. The molecule has 12 heteroatoms. The van der Waals surface area contributed by atoms with E-state index in [0.29, 0.717) is 22.6 Å². The van der Waals surface area contributed by atoms with E-state index in [4.69, 9.17) is 10.7 Å². The van der Waals surface area contributed by atoms with E-state index in [0.717, 1.165) is 62.7 Å². The van der Waals surface area contributed by atoms with Crippen molar-refractivity contribution in [1.29, 1.82) is 0 Å². The molecule has 2 aliphatic rings. The molecule has 3 aromatic heterocycles. The zero-order valence-electron chi connectivity index (χ0n) is 22.0. The third kappa shape index (κ3) is 5.59. The molecular formula is C29H28F3N7O2. The van der Waals surface area contributed by atoms with Crippen molar-refractivity contribution in [2.75, 3.05) is 11.1 Å². The molecule has 4 N–H and O–H groups in total. The van der Waals surface area contributed by atoms with Crippen molar-refractivity contribution in [2.24, 2.45) is 5.92 Å². The number of anilines is 2. The quantitative estimate of drug-likeness (QED) is 0.296. The second-order valence-electron chi connectivity index (χ2n) is 10.7. The molecule has 0 saturated heterocycles. The van der Waals surface area contributed by atoms with E-state index in [-0.39, 0.29) is 35.2 Å². The average molecular weight is 564 g/mol. The summed E-state index contributed by atoms with van der Waals surface area (Å²) in [5.74, 6) is 0.775. The monoisotopic (exact) mass is 563 g/mol. The molecule has 0 aliphatic heterocycles. The van der Waals surface area contributed by atoms with Crippen LogP contribution < -0.4 is 16.4 Å². The lowest BCUT2D eigenvalue weighted by molar-refractivity contribution is -0.137. The van der Waals surface area contributed by atoms with Gasteiger partial charge in [0.1, 0.15) is 28.7 Å². The van der Waals surface area contributed by atoms with Gasteiger partial charge in [0.05, 0.1) is 5.56 Å². The number of hydrogen-bond acceptors (Lipinski definition) is 6. The molecule has 2 amide bonds. The van der Waals surface area contributed by atoms with Crippen molar-refractivity contribution < 1.29 is 22.8 Å². The van der Waals surface area contributed by atoms with Gasteiger partial charge in [0.15, 0.2) is 0 Å². The molecule has 0 bridgehead atoms. The highest BCUT2D eigenvalue weighted by atomic mass is 19.4. The molecule has 212 valence electrons. The summed E-state index contributed by atoms with van der Waals surface area (Å²) < 4.78 is 41.0. The molecule has 4 aromatic rings. The van der Waals surface area contributed by atoms with Crippen LogP contribution >= 0.6 is 0 Å². The molecule has 3 heterocycles. The van der Waals surface area contributed by atoms with E-state index in [1.54, 1.807) is 30.5 Å². The van der Waals surface area contributed by atoms with Crippen LogP contribution in [0.2, 0.25) is 0 Å². The Labute approximate surface area is 233 Å². The van der Waals surface area contributed by atoms with Gasteiger partial charge in [-0.15, -0.1) is 0 Å². The van der Waals surface area contributed by atoms with E-state index in [1.807, 2.05) is 10.6 Å². The van der Waals surface area contributed by atoms with E-state index >= 15 is 0 Å². The van der Waals surface area contributed by atoms with Gasteiger partial charge in [-0.2, -0.15) is 13.2 Å². The number of imidazole rings is 1. The highest BCUT2D eigenvalue weighted by Gasteiger charge is 2.34. The normalized spacial score (nSPS) is 19.2. The molecule has 6 rings (SSSR count). The van der Waals surface area contributed by atoms with Gasteiger partial charge in [0.25, 0.3) is 5.91 Å². The van der Waals surface area contributed by atoms with Crippen LogP contribution in [0.5, 0.6) is 0 Å². The first kappa shape index (κ1) is 26.7. The number of rotatable bonds is 6. The van der Waals surface area contributed by atoms with Crippen LogP contribution in [-0.2, 0) is 11.0 Å². The number of nitrogens with one attached hydrogen (secondary N) is 2. The fourth-order valence-electron chi connectivity index (χ4n) is 5.44. The summed E-state index contributed by atoms with van der Waals surface area (Å²) in [5, 5.41) is 5.63. The molecule has 0 unspecified atom stereocenters. The minimum atomic E-state index is -4.55. The second-order valence-corrected chi connectivity index (χ2v) is 10.7. The number of halogens is 3. The van der Waals surface area contributed by atoms with Crippen molar-refractivity contribution in [2.45, 2.75) is 56.7 Å². The van der Waals surface area contributed by atoms with Crippen molar-refractivity contribution >= 4 is 29.0 Å². The molecule has 0 radical (unpaired) electrons. The highest BCUT2D eigenvalue weighted by Crippen LogP contribution is 2.38. The lowest BCUT2D eigenvalue weighted by Crippen LogP contribution is -2.39. The molecule has 2 atom stereocenters. The summed E-state index contributed by atoms with van der Waals surface area (Å²) >= 11 is 0. The Kier molecular flexibility index (Phi) is 6.84. The first-order chi connectivity index (χ1) is 19.7. The van der Waals surface area contributed by atoms with Crippen LogP contribution in [0.4, 0.5) is 24.8 Å². The summed E-state index contributed by atoms with van der Waals surface area (Å²) in [4.78, 5) is 38.2. The van der Waals surface area contributed by atoms with Gasteiger partial charge in [0, 0.05) is 47.6 Å². The van der Waals surface area contributed by atoms with Gasteiger partial charge < -0.3 is 16.4 Å². The maximum absolute atomic E-state index is 13.0. The number of hydrogen-bond donors (Lipinski definition) is 3. The number of nitrogen functional groups attached to an aromatic ring is 1. The zero-order chi connectivity index (χ0) is 28.7. The van der Waals surface area contributed by atoms with E-state index in [2.05, 4.69) is 20.6 Å². The smallest absolute Gasteiger partial charge is 0.382 e. The second kappa shape index (κ2) is 10.5. The SMILES string of the molecule is Nc1nccn2c([C@H]3CCC[C@@H](NC(=O)C4CC4)C3)nc(-c3ccc(C(=O)Nc4cc(C(F)(F)F)ccn4)cc3)c12. The van der Waals surface area contributed by atoms with Gasteiger partial charge >= 0.3 is 6.18 Å². The molecule has 2 saturated carbocycles. The Morgan fingerprint density at radius 1 is 1.00 bits per heavy atom. The highest BCUT2D eigenvalue weighted by molar-refractivity contribution is 6.04. The van der Waals surface area contributed by atoms with Gasteiger partial charge in [0.2, 0.25) is 5.91 Å². The predicted molar refractivity (Wildman–Crippen MR) is 146 cm³/mol. The Bertz CT molecular complexity index is 1610. The van der Waals surface area contributed by atoms with Crippen LogP contribution in [0.25, 0.3) is 16.8 Å². The van der Waals surface area contributed by atoms with E-state index in [9.17, 15) is 22.8 Å². The Morgan fingerprint density at radius 3 is 2.51 bits per heavy atom. The van der Waals surface area contributed by atoms with Gasteiger partial charge in [-0.25, -0.2) is 15.0 Å². The number of carbonyl (C=O) groups excluding carboxylic acids is 2. The van der Waals surface area contributed by atoms with Crippen LogP contribution in [0, 0.1) is 5.92 Å². The fraction of sp³-hybridized carbons (Fsp3) is 0.345. The summed E-state index contributed by atoms with van der Waals surface area (Å²) in [6.45, 7) is 0. The summed E-state index contributed by atoms with van der Waals surface area (Å²) in [6.07, 6.45) is 5.45. The fourth-order valence-corrected chi connectivity index (χ4v) is 5.44. The summed E-state index contributed by atoms with van der Waals surface area (Å²) in [7, 11) is 0. The summed E-state index contributed by atoms with van der Waals surface area (Å²) in [6, 6.07) is 8.29. The number of nitrogens with zero attached hydrogens (tertiary/aromatic N) is 4. The number of nitrogens with two attached hydrogens (primary N) is 1. The van der Waals surface area contributed by atoms with Crippen LogP contribution in [0.15, 0.2) is 55.0 Å². The molecule has 41 heavy (non-hydrogen) atoms. The van der Waals surface area contributed by atoms with Gasteiger partial charge in [-0.3, -0.25) is 14.0 Å².